The molecule has 7 nitrogen and oxygen atoms in total. The molecule has 0 spiro atoms. The lowest BCUT2D eigenvalue weighted by molar-refractivity contribution is -0.130. The van der Waals surface area contributed by atoms with Gasteiger partial charge in [-0.2, -0.15) is 0 Å². The number of hydrogen-bond acceptors (Lipinski definition) is 6. The molecule has 0 bridgehead atoms. The summed E-state index contributed by atoms with van der Waals surface area (Å²) in [5.41, 5.74) is 1.56. The summed E-state index contributed by atoms with van der Waals surface area (Å²) in [6, 6.07) is 18.7. The number of carboxylic acids is 1. The van der Waals surface area contributed by atoms with Gasteiger partial charge in [0.05, 0.1) is 18.8 Å². The standard InChI is InChI=1S/C28H26O7/c1-17(2)35-22-9-4-18(5-10-22)14-23(27(29)19-6-11-21(32-3)12-7-19)26(28(30)31)20-8-13-24-25(15-20)34-16-33-24/h4-13,15,17H,14,16H2,1-3H3,(H,30,31). The van der Waals surface area contributed by atoms with Crippen LogP contribution in [0.3, 0.4) is 0 Å². The van der Waals surface area contributed by atoms with Gasteiger partial charge in [-0.3, -0.25) is 4.79 Å². The molecule has 0 aliphatic carbocycles. The molecule has 0 amide bonds. The third kappa shape index (κ3) is 5.46. The van der Waals surface area contributed by atoms with Gasteiger partial charge >= 0.3 is 5.97 Å². The first-order chi connectivity index (χ1) is 16.9. The van der Waals surface area contributed by atoms with Gasteiger partial charge in [0.1, 0.15) is 11.5 Å². The molecule has 0 aromatic heterocycles. The zero-order valence-electron chi connectivity index (χ0n) is 19.7. The van der Waals surface area contributed by atoms with Gasteiger partial charge in [-0.25, -0.2) is 4.79 Å². The molecule has 1 aliphatic heterocycles. The van der Waals surface area contributed by atoms with E-state index in [2.05, 4.69) is 0 Å². The van der Waals surface area contributed by atoms with Gasteiger partial charge in [0, 0.05) is 17.6 Å². The SMILES string of the molecule is COc1ccc(C(=O)C(Cc2ccc(OC(C)C)cc2)=C(C(=O)O)c2ccc3c(c2)OCO3)cc1. The maximum atomic E-state index is 13.7. The Bertz CT molecular complexity index is 1260. The molecule has 4 rings (SSSR count). The number of Topliss-reactive ketones (excluding diaryl/α,β-unsaturated/α-hetero) is 1. The molecule has 0 unspecified atom stereocenters. The summed E-state index contributed by atoms with van der Waals surface area (Å²) in [7, 11) is 1.54. The number of carbonyl (C=O) groups is 2. The van der Waals surface area contributed by atoms with E-state index >= 15 is 0 Å². The average molecular weight is 475 g/mol. The largest absolute Gasteiger partial charge is 0.497 e. The Hall–Kier alpha value is -4.26. The second-order valence-corrected chi connectivity index (χ2v) is 8.27. The lowest BCUT2D eigenvalue weighted by atomic mass is 9.89. The lowest BCUT2D eigenvalue weighted by Crippen LogP contribution is -2.14. The predicted octanol–water partition coefficient (Wildman–Crippen LogP) is 5.17. The number of methoxy groups -OCH3 is 1. The van der Waals surface area contributed by atoms with Crippen LogP contribution in [0.2, 0.25) is 0 Å². The molecule has 180 valence electrons. The van der Waals surface area contributed by atoms with Crippen molar-refractivity contribution in [1.29, 1.82) is 0 Å². The van der Waals surface area contributed by atoms with Crippen molar-refractivity contribution in [2.24, 2.45) is 0 Å². The number of rotatable bonds is 9. The topological polar surface area (TPSA) is 91.3 Å². The Labute approximate surface area is 203 Å². The van der Waals surface area contributed by atoms with Crippen LogP contribution in [0.4, 0.5) is 0 Å². The van der Waals surface area contributed by atoms with Crippen LogP contribution < -0.4 is 18.9 Å². The summed E-state index contributed by atoms with van der Waals surface area (Å²) < 4.78 is 21.7. The lowest BCUT2D eigenvalue weighted by Gasteiger charge is -2.15. The van der Waals surface area contributed by atoms with Crippen LogP contribution in [0, 0.1) is 0 Å². The minimum Gasteiger partial charge on any atom is -0.497 e. The summed E-state index contributed by atoms with van der Waals surface area (Å²) in [4.78, 5) is 26.2. The number of fused-ring (bicyclic) bond motifs is 1. The Balaban J connectivity index is 1.80. The number of carboxylic acid groups (broad SMARTS) is 1. The van der Waals surface area contributed by atoms with E-state index in [-0.39, 0.29) is 36.2 Å². The van der Waals surface area contributed by atoms with Gasteiger partial charge < -0.3 is 24.1 Å². The first kappa shape index (κ1) is 23.9. The molecular formula is C28H26O7. The number of aliphatic carboxylic acids is 1. The molecular weight excluding hydrogens is 448 g/mol. The van der Waals surface area contributed by atoms with Gasteiger partial charge in [0.2, 0.25) is 6.79 Å². The predicted molar refractivity (Wildman–Crippen MR) is 130 cm³/mol. The van der Waals surface area contributed by atoms with E-state index in [1.165, 1.54) is 7.11 Å². The normalized spacial score (nSPS) is 12.8. The Morgan fingerprint density at radius 3 is 2.14 bits per heavy atom. The molecule has 3 aromatic rings. The zero-order valence-corrected chi connectivity index (χ0v) is 19.7. The third-order valence-electron chi connectivity index (χ3n) is 5.48. The quantitative estimate of drug-likeness (QED) is 0.338. The monoisotopic (exact) mass is 474 g/mol. The smallest absolute Gasteiger partial charge is 0.336 e. The highest BCUT2D eigenvalue weighted by Crippen LogP contribution is 2.36. The molecule has 7 heteroatoms. The molecule has 3 aromatic carbocycles. The molecule has 0 radical (unpaired) electrons. The van der Waals surface area contributed by atoms with Crippen molar-refractivity contribution < 1.29 is 33.6 Å². The Kier molecular flexibility index (Phi) is 7.06. The molecule has 0 atom stereocenters. The molecule has 1 N–H and O–H groups in total. The number of ketones is 1. The number of carbonyl (C=O) groups excluding carboxylic acids is 1. The highest BCUT2D eigenvalue weighted by molar-refractivity contribution is 6.26. The zero-order chi connectivity index (χ0) is 24.9. The van der Waals surface area contributed by atoms with Crippen molar-refractivity contribution in [3.05, 3.63) is 89.0 Å². The maximum Gasteiger partial charge on any atom is 0.336 e. The van der Waals surface area contributed by atoms with E-state index < -0.39 is 5.97 Å². The van der Waals surface area contributed by atoms with Crippen molar-refractivity contribution in [2.45, 2.75) is 26.4 Å². The van der Waals surface area contributed by atoms with E-state index in [9.17, 15) is 14.7 Å². The second kappa shape index (κ2) is 10.3. The van der Waals surface area contributed by atoms with E-state index in [1.54, 1.807) is 42.5 Å². The minimum absolute atomic E-state index is 0.0255. The van der Waals surface area contributed by atoms with E-state index in [1.807, 2.05) is 38.1 Å². The van der Waals surface area contributed by atoms with Crippen LogP contribution in [-0.4, -0.2) is 36.9 Å². The summed E-state index contributed by atoms with van der Waals surface area (Å²) >= 11 is 0. The van der Waals surface area contributed by atoms with Crippen molar-refractivity contribution in [2.75, 3.05) is 13.9 Å². The summed E-state index contributed by atoms with van der Waals surface area (Å²) in [6.07, 6.45) is 0.140. The van der Waals surface area contributed by atoms with Crippen LogP contribution in [0.5, 0.6) is 23.0 Å². The molecule has 0 saturated carbocycles. The van der Waals surface area contributed by atoms with Gasteiger partial charge in [-0.1, -0.05) is 18.2 Å². The van der Waals surface area contributed by atoms with E-state index in [4.69, 9.17) is 18.9 Å². The van der Waals surface area contributed by atoms with Crippen LogP contribution in [0.1, 0.15) is 35.3 Å². The number of allylic oxidation sites excluding steroid dienone is 1. The van der Waals surface area contributed by atoms with E-state index in [0.717, 1.165) is 5.56 Å². The minimum atomic E-state index is -1.21. The van der Waals surface area contributed by atoms with Crippen LogP contribution in [0.25, 0.3) is 5.57 Å². The van der Waals surface area contributed by atoms with Crippen molar-refractivity contribution in [3.8, 4) is 23.0 Å². The van der Waals surface area contributed by atoms with E-state index in [0.29, 0.717) is 34.1 Å². The van der Waals surface area contributed by atoms with Crippen LogP contribution >= 0.6 is 0 Å². The number of ether oxygens (including phenoxy) is 4. The highest BCUT2D eigenvalue weighted by atomic mass is 16.7. The number of benzene rings is 3. The highest BCUT2D eigenvalue weighted by Gasteiger charge is 2.26. The molecule has 0 fully saturated rings. The average Bonchev–Trinajstić information content (AvgIpc) is 3.32. The van der Waals surface area contributed by atoms with Crippen molar-refractivity contribution >= 4 is 17.3 Å². The molecule has 35 heavy (non-hydrogen) atoms. The molecule has 0 saturated heterocycles. The van der Waals surface area contributed by atoms with Gasteiger partial charge in [0.15, 0.2) is 17.3 Å². The second-order valence-electron chi connectivity index (χ2n) is 8.27. The van der Waals surface area contributed by atoms with Gasteiger partial charge in [0.25, 0.3) is 0 Å². The van der Waals surface area contributed by atoms with Gasteiger partial charge in [-0.15, -0.1) is 0 Å². The maximum absolute atomic E-state index is 13.7. The fourth-order valence-electron chi connectivity index (χ4n) is 3.84. The third-order valence-corrected chi connectivity index (χ3v) is 5.48. The van der Waals surface area contributed by atoms with Crippen LogP contribution in [0.15, 0.2) is 72.3 Å². The Morgan fingerprint density at radius 1 is 0.886 bits per heavy atom. The number of hydrogen-bond donors (Lipinski definition) is 1. The molecule has 1 aliphatic rings. The summed E-state index contributed by atoms with van der Waals surface area (Å²) in [6.45, 7) is 3.94. The van der Waals surface area contributed by atoms with Crippen molar-refractivity contribution in [3.63, 3.8) is 0 Å². The van der Waals surface area contributed by atoms with Crippen LogP contribution in [-0.2, 0) is 11.2 Å². The van der Waals surface area contributed by atoms with Gasteiger partial charge in [-0.05, 0) is 73.5 Å². The van der Waals surface area contributed by atoms with Crippen molar-refractivity contribution in [1.82, 2.24) is 0 Å². The molecule has 1 heterocycles. The Morgan fingerprint density at radius 2 is 1.51 bits per heavy atom. The first-order valence-corrected chi connectivity index (χ1v) is 11.2. The first-order valence-electron chi connectivity index (χ1n) is 11.2. The summed E-state index contributed by atoms with van der Waals surface area (Å²) in [5, 5.41) is 10.2. The fourth-order valence-corrected chi connectivity index (χ4v) is 3.84. The summed E-state index contributed by atoms with van der Waals surface area (Å²) in [5.74, 6) is 0.674. The fraction of sp³-hybridized carbons (Fsp3) is 0.214.